The molecule has 0 spiro atoms. The van der Waals surface area contributed by atoms with E-state index in [1.54, 1.807) is 0 Å². The molecule has 0 bridgehead atoms. The minimum Gasteiger partial charge on any atom is -0.456 e. The lowest BCUT2D eigenvalue weighted by Gasteiger charge is -2.26. The fourth-order valence-electron chi connectivity index (χ4n) is 8.40. The van der Waals surface area contributed by atoms with Gasteiger partial charge in [-0.05, 0) is 66.7 Å². The first-order valence-electron chi connectivity index (χ1n) is 18.4. The van der Waals surface area contributed by atoms with E-state index in [9.17, 15) is 0 Å². The minimum absolute atomic E-state index is 0.540. The summed E-state index contributed by atoms with van der Waals surface area (Å²) in [5.41, 5.74) is 11.4. The maximum Gasteiger partial charge on any atom is 0.227 e. The number of oxazole rings is 1. The van der Waals surface area contributed by atoms with E-state index in [1.165, 1.54) is 0 Å². The molecule has 0 aliphatic carbocycles. The molecule has 0 N–H and O–H groups in total. The first kappa shape index (κ1) is 29.9. The van der Waals surface area contributed by atoms with Crippen molar-refractivity contribution in [3.05, 3.63) is 176 Å². The number of hydrogen-bond donors (Lipinski definition) is 0. The van der Waals surface area contributed by atoms with Crippen LogP contribution in [0, 0.1) is 0 Å². The molecule has 0 saturated carbocycles. The van der Waals surface area contributed by atoms with E-state index in [4.69, 9.17) is 18.2 Å². The van der Waals surface area contributed by atoms with Gasteiger partial charge in [0.05, 0.1) is 27.8 Å². The standard InChI is InChI=1S/C49H29N3O3/c1-3-14-30(15-4-1)49-50-46-41(29-44-45(48(46)55-49)36-20-9-12-25-43(36)53-44)52(40-23-13-21-35-34-19-8-11-24-42(34)54-47(35)40)32-26-27-39-37(28-32)33-18-7-10-22-38(33)51(39)31-16-5-2-6-17-31/h1-29H. The van der Waals surface area contributed by atoms with Crippen molar-refractivity contribution in [2.75, 3.05) is 4.90 Å². The topological polar surface area (TPSA) is 60.5 Å². The number of hydrogen-bond acceptors (Lipinski definition) is 5. The maximum atomic E-state index is 6.79. The van der Waals surface area contributed by atoms with Crippen molar-refractivity contribution in [1.29, 1.82) is 0 Å². The number of nitrogens with zero attached hydrogens (tertiary/aromatic N) is 3. The van der Waals surface area contributed by atoms with Gasteiger partial charge >= 0.3 is 0 Å². The summed E-state index contributed by atoms with van der Waals surface area (Å²) in [5.74, 6) is 0.540. The van der Waals surface area contributed by atoms with Crippen LogP contribution in [0.2, 0.25) is 0 Å². The second-order valence-electron chi connectivity index (χ2n) is 13.9. The number of aromatic nitrogens is 2. The number of furan rings is 2. The number of anilines is 3. The van der Waals surface area contributed by atoms with Crippen molar-refractivity contribution in [2.24, 2.45) is 0 Å². The van der Waals surface area contributed by atoms with Gasteiger partial charge in [0.2, 0.25) is 5.89 Å². The van der Waals surface area contributed by atoms with Crippen molar-refractivity contribution in [1.82, 2.24) is 9.55 Å². The summed E-state index contributed by atoms with van der Waals surface area (Å²) in [4.78, 5) is 7.54. The molecule has 0 unspecified atom stereocenters. The highest BCUT2D eigenvalue weighted by Gasteiger charge is 2.27. The first-order chi connectivity index (χ1) is 27.3. The second-order valence-corrected chi connectivity index (χ2v) is 13.9. The van der Waals surface area contributed by atoms with Crippen LogP contribution in [-0.4, -0.2) is 9.55 Å². The molecule has 55 heavy (non-hydrogen) atoms. The molecule has 6 nitrogen and oxygen atoms in total. The molecule has 258 valence electrons. The Morgan fingerprint density at radius 2 is 1.11 bits per heavy atom. The summed E-state index contributed by atoms with van der Waals surface area (Å²) < 4.78 is 22.5. The van der Waals surface area contributed by atoms with Crippen LogP contribution in [0.15, 0.2) is 189 Å². The third-order valence-electron chi connectivity index (χ3n) is 10.8. The van der Waals surface area contributed by atoms with Gasteiger partial charge in [-0.25, -0.2) is 4.98 Å². The van der Waals surface area contributed by atoms with Gasteiger partial charge in [-0.15, -0.1) is 0 Å². The fourth-order valence-corrected chi connectivity index (χ4v) is 8.40. The van der Waals surface area contributed by atoms with Crippen LogP contribution in [0.3, 0.4) is 0 Å². The first-order valence-corrected chi connectivity index (χ1v) is 18.4. The van der Waals surface area contributed by atoms with Gasteiger partial charge in [0.15, 0.2) is 11.2 Å². The summed E-state index contributed by atoms with van der Waals surface area (Å²) in [7, 11) is 0. The predicted molar refractivity (Wildman–Crippen MR) is 223 cm³/mol. The second kappa shape index (κ2) is 11.5. The SMILES string of the molecule is c1ccc(-c2nc3c(N(c4ccc5c(c4)c4ccccc4n5-c4ccccc4)c4cccc5c4oc4ccccc45)cc4oc5ccccc5c4c3o2)cc1. The normalized spacial score (nSPS) is 12.0. The summed E-state index contributed by atoms with van der Waals surface area (Å²) in [6.45, 7) is 0. The molecule has 0 amide bonds. The summed E-state index contributed by atoms with van der Waals surface area (Å²) in [6, 6.07) is 60.6. The molecule has 4 aromatic heterocycles. The quantitative estimate of drug-likeness (QED) is 0.178. The summed E-state index contributed by atoms with van der Waals surface area (Å²) in [6.07, 6.45) is 0. The van der Waals surface area contributed by atoms with Crippen LogP contribution in [0.4, 0.5) is 17.1 Å². The number of fused-ring (bicyclic) bond motifs is 11. The van der Waals surface area contributed by atoms with E-state index in [0.717, 1.165) is 93.9 Å². The van der Waals surface area contributed by atoms with Gasteiger partial charge in [-0.2, -0.15) is 0 Å². The molecule has 0 aliphatic heterocycles. The highest BCUT2D eigenvalue weighted by Crippen LogP contribution is 2.49. The smallest absolute Gasteiger partial charge is 0.227 e. The molecule has 6 heteroatoms. The Morgan fingerprint density at radius 1 is 0.436 bits per heavy atom. The van der Waals surface area contributed by atoms with Crippen molar-refractivity contribution in [3.8, 4) is 17.1 Å². The molecule has 0 saturated heterocycles. The molecular weight excluding hydrogens is 679 g/mol. The van der Waals surface area contributed by atoms with E-state index in [0.29, 0.717) is 17.1 Å². The average Bonchev–Trinajstić information content (AvgIpc) is 4.02. The fraction of sp³-hybridized carbons (Fsp3) is 0. The highest BCUT2D eigenvalue weighted by atomic mass is 16.4. The van der Waals surface area contributed by atoms with Crippen LogP contribution in [0.25, 0.3) is 93.9 Å². The third kappa shape index (κ3) is 4.39. The Balaban J connectivity index is 1.21. The largest absolute Gasteiger partial charge is 0.456 e. The lowest BCUT2D eigenvalue weighted by molar-refractivity contribution is 0.622. The Morgan fingerprint density at radius 3 is 1.95 bits per heavy atom. The molecule has 0 fully saturated rings. The molecule has 0 atom stereocenters. The Kier molecular flexibility index (Phi) is 6.24. The van der Waals surface area contributed by atoms with Crippen LogP contribution in [-0.2, 0) is 0 Å². The van der Waals surface area contributed by atoms with Crippen molar-refractivity contribution < 1.29 is 13.3 Å². The molecule has 4 heterocycles. The highest BCUT2D eigenvalue weighted by molar-refractivity contribution is 6.21. The zero-order valence-electron chi connectivity index (χ0n) is 29.3. The minimum atomic E-state index is 0.540. The van der Waals surface area contributed by atoms with Gasteiger partial charge in [-0.1, -0.05) is 103 Å². The Hall–Kier alpha value is -7.57. The molecular formula is C49H29N3O3. The summed E-state index contributed by atoms with van der Waals surface area (Å²) in [5, 5.41) is 6.26. The Labute approximate surface area is 313 Å². The van der Waals surface area contributed by atoms with Crippen LogP contribution < -0.4 is 4.90 Å². The average molecular weight is 708 g/mol. The zero-order valence-corrected chi connectivity index (χ0v) is 29.3. The van der Waals surface area contributed by atoms with Crippen molar-refractivity contribution in [3.63, 3.8) is 0 Å². The predicted octanol–water partition coefficient (Wildman–Crippen LogP) is 13.9. The molecule has 12 aromatic rings. The number of para-hydroxylation sites is 5. The number of benzene rings is 8. The number of rotatable bonds is 5. The molecule has 0 radical (unpaired) electrons. The molecule has 0 aliphatic rings. The Bertz CT molecular complexity index is 3440. The lowest BCUT2D eigenvalue weighted by Crippen LogP contribution is -2.11. The van der Waals surface area contributed by atoms with E-state index in [-0.39, 0.29) is 0 Å². The molecule has 12 rings (SSSR count). The van der Waals surface area contributed by atoms with Gasteiger partial charge in [0, 0.05) is 49.9 Å². The van der Waals surface area contributed by atoms with E-state index >= 15 is 0 Å². The zero-order chi connectivity index (χ0) is 36.0. The summed E-state index contributed by atoms with van der Waals surface area (Å²) >= 11 is 0. The lowest BCUT2D eigenvalue weighted by atomic mass is 10.1. The van der Waals surface area contributed by atoms with Crippen molar-refractivity contribution in [2.45, 2.75) is 0 Å². The van der Waals surface area contributed by atoms with E-state index in [1.807, 2.05) is 60.7 Å². The maximum absolute atomic E-state index is 6.79. The third-order valence-corrected chi connectivity index (χ3v) is 10.8. The molecule has 8 aromatic carbocycles. The van der Waals surface area contributed by atoms with Gasteiger partial charge < -0.3 is 22.7 Å². The monoisotopic (exact) mass is 707 g/mol. The van der Waals surface area contributed by atoms with E-state index in [2.05, 4.69) is 125 Å². The van der Waals surface area contributed by atoms with Gasteiger partial charge in [0.1, 0.15) is 22.3 Å². The van der Waals surface area contributed by atoms with Crippen molar-refractivity contribution >= 4 is 93.8 Å². The van der Waals surface area contributed by atoms with E-state index < -0.39 is 0 Å². The van der Waals surface area contributed by atoms with Gasteiger partial charge in [0.25, 0.3) is 0 Å². The van der Waals surface area contributed by atoms with Crippen LogP contribution in [0.1, 0.15) is 0 Å². The van der Waals surface area contributed by atoms with Crippen LogP contribution >= 0.6 is 0 Å². The van der Waals surface area contributed by atoms with Gasteiger partial charge in [-0.3, -0.25) is 0 Å². The van der Waals surface area contributed by atoms with Crippen LogP contribution in [0.5, 0.6) is 0 Å².